The number of nitrogen functional groups attached to an aromatic ring is 1. The normalized spacial score (nSPS) is 18.2. The summed E-state index contributed by atoms with van der Waals surface area (Å²) in [5.74, 6) is -7.32. The lowest BCUT2D eigenvalue weighted by atomic mass is 9.82. The van der Waals surface area contributed by atoms with Gasteiger partial charge in [-0.05, 0) is 83.5 Å². The standard InChI is InChI=1S/C32H27F4IN4O4/c33-21-10-20(11-22(37)13-21)26(16-42)41-30(43)23-8-6-18(12-24(23)34)28-29(38)39-15-25(40-28)19-7-9-27(32(35,36)14-19)45-31(44)17-4-2-1-3-5-17/h1-6,8,10-13,15,19,26-27,42H,7,9,14,16H2,(H2,38,39)(H,41,43). The first kappa shape index (κ1) is 32.3. The Morgan fingerprint density at radius 1 is 1.09 bits per heavy atom. The fraction of sp³-hybridized carbons (Fsp3) is 0.250. The molecule has 0 bridgehead atoms. The summed E-state index contributed by atoms with van der Waals surface area (Å²) in [4.78, 5) is 33.8. The highest BCUT2D eigenvalue weighted by Crippen LogP contribution is 2.43. The van der Waals surface area contributed by atoms with Crippen molar-refractivity contribution in [3.05, 3.63) is 111 Å². The van der Waals surface area contributed by atoms with Crippen LogP contribution in [0.1, 0.15) is 63.2 Å². The summed E-state index contributed by atoms with van der Waals surface area (Å²) < 4.78 is 65.1. The van der Waals surface area contributed by atoms with E-state index in [0.717, 1.165) is 12.1 Å². The number of nitrogens with zero attached hydrogens (tertiary/aromatic N) is 2. The smallest absolute Gasteiger partial charge is 0.338 e. The van der Waals surface area contributed by atoms with Crippen molar-refractivity contribution in [2.24, 2.45) is 0 Å². The van der Waals surface area contributed by atoms with Crippen LogP contribution in [0.25, 0.3) is 11.3 Å². The molecule has 3 aromatic carbocycles. The second-order valence-corrected chi connectivity index (χ2v) is 11.9. The van der Waals surface area contributed by atoms with E-state index in [1.165, 1.54) is 36.5 Å². The number of ether oxygens (including phenoxy) is 1. The Hall–Kier alpha value is -4.11. The summed E-state index contributed by atoms with van der Waals surface area (Å²) in [6.07, 6.45) is -0.854. The second-order valence-electron chi connectivity index (χ2n) is 10.6. The maximum absolute atomic E-state index is 15.2. The van der Waals surface area contributed by atoms with Crippen LogP contribution in [0.15, 0.2) is 72.9 Å². The van der Waals surface area contributed by atoms with Crippen molar-refractivity contribution >= 4 is 40.3 Å². The van der Waals surface area contributed by atoms with E-state index >= 15 is 13.2 Å². The van der Waals surface area contributed by atoms with Crippen molar-refractivity contribution in [2.75, 3.05) is 12.3 Å². The number of carbonyl (C=O) groups is 2. The Labute approximate surface area is 269 Å². The Morgan fingerprint density at radius 2 is 1.84 bits per heavy atom. The third-order valence-corrected chi connectivity index (χ3v) is 8.15. The number of aromatic nitrogens is 2. The van der Waals surface area contributed by atoms with E-state index in [-0.39, 0.29) is 46.7 Å². The van der Waals surface area contributed by atoms with Gasteiger partial charge in [0.1, 0.15) is 23.1 Å². The van der Waals surface area contributed by atoms with Crippen LogP contribution in [0, 0.1) is 15.2 Å². The first-order chi connectivity index (χ1) is 21.4. The lowest BCUT2D eigenvalue weighted by Gasteiger charge is -2.35. The Bertz CT molecular complexity index is 1710. The van der Waals surface area contributed by atoms with Crippen LogP contribution in [0.5, 0.6) is 0 Å². The molecule has 1 aliphatic carbocycles. The molecule has 13 heteroatoms. The Balaban J connectivity index is 1.31. The van der Waals surface area contributed by atoms with Crippen LogP contribution in [0.2, 0.25) is 0 Å². The first-order valence-electron chi connectivity index (χ1n) is 13.9. The van der Waals surface area contributed by atoms with E-state index < -0.39 is 60.5 Å². The lowest BCUT2D eigenvalue weighted by molar-refractivity contribution is -0.140. The summed E-state index contributed by atoms with van der Waals surface area (Å²) in [5, 5.41) is 12.3. The zero-order chi connectivity index (χ0) is 32.3. The van der Waals surface area contributed by atoms with Gasteiger partial charge in [-0.3, -0.25) is 4.79 Å². The topological polar surface area (TPSA) is 127 Å². The van der Waals surface area contributed by atoms with Crippen LogP contribution in [0.3, 0.4) is 0 Å². The number of carbonyl (C=O) groups excluding carboxylic acids is 2. The molecule has 1 aliphatic rings. The van der Waals surface area contributed by atoms with Crippen molar-refractivity contribution in [1.82, 2.24) is 15.3 Å². The average molecular weight is 734 g/mol. The minimum Gasteiger partial charge on any atom is -0.452 e. The molecule has 0 spiro atoms. The molecular weight excluding hydrogens is 707 g/mol. The number of nitrogens with one attached hydrogen (secondary N) is 1. The zero-order valence-corrected chi connectivity index (χ0v) is 25.7. The van der Waals surface area contributed by atoms with Crippen LogP contribution in [-0.2, 0) is 4.74 Å². The molecule has 3 unspecified atom stereocenters. The number of benzene rings is 3. The number of aliphatic hydroxyl groups excluding tert-OH is 1. The van der Waals surface area contributed by atoms with Gasteiger partial charge < -0.3 is 20.9 Å². The minimum absolute atomic E-state index is 0.0434. The van der Waals surface area contributed by atoms with Gasteiger partial charge in [0, 0.05) is 21.5 Å². The van der Waals surface area contributed by atoms with Gasteiger partial charge in [0.05, 0.1) is 35.7 Å². The van der Waals surface area contributed by atoms with E-state index in [9.17, 15) is 19.1 Å². The molecule has 45 heavy (non-hydrogen) atoms. The number of halogens is 5. The molecule has 1 amide bonds. The van der Waals surface area contributed by atoms with Crippen molar-refractivity contribution in [1.29, 1.82) is 0 Å². The van der Waals surface area contributed by atoms with Crippen LogP contribution < -0.4 is 11.1 Å². The fourth-order valence-electron chi connectivity index (χ4n) is 5.21. The molecule has 1 fully saturated rings. The largest absolute Gasteiger partial charge is 0.452 e. The summed E-state index contributed by atoms with van der Waals surface area (Å²) in [6, 6.07) is 14.5. The fourth-order valence-corrected chi connectivity index (χ4v) is 5.87. The van der Waals surface area contributed by atoms with Gasteiger partial charge >= 0.3 is 5.97 Å². The summed E-state index contributed by atoms with van der Waals surface area (Å²) >= 11 is 1.90. The molecule has 8 nitrogen and oxygen atoms in total. The molecule has 4 aromatic rings. The second kappa shape index (κ2) is 13.5. The van der Waals surface area contributed by atoms with E-state index in [1.807, 2.05) is 22.6 Å². The number of hydrogen-bond donors (Lipinski definition) is 3. The molecule has 1 aromatic heterocycles. The molecule has 0 aliphatic heterocycles. The molecule has 0 saturated heterocycles. The number of nitrogens with two attached hydrogens (primary N) is 1. The van der Waals surface area contributed by atoms with Gasteiger partial charge in [-0.15, -0.1) is 0 Å². The van der Waals surface area contributed by atoms with Crippen LogP contribution in [-0.4, -0.2) is 45.6 Å². The molecule has 4 N–H and O–H groups in total. The van der Waals surface area contributed by atoms with Crippen molar-refractivity contribution < 1.29 is 37.0 Å². The number of aliphatic hydroxyl groups is 1. The van der Waals surface area contributed by atoms with Gasteiger partial charge in [-0.2, -0.15) is 0 Å². The third kappa shape index (κ3) is 7.41. The highest BCUT2D eigenvalue weighted by atomic mass is 127. The molecule has 5 rings (SSSR count). The SMILES string of the molecule is Nc1ncc(C2CCC(OC(=O)c3ccccc3)C(F)(F)C2)nc1-c1ccc(C(=O)NC(CO)c2cc(F)cc(I)c2)c(F)c1. The number of amides is 1. The zero-order valence-electron chi connectivity index (χ0n) is 23.5. The minimum atomic E-state index is -3.34. The predicted molar refractivity (Wildman–Crippen MR) is 165 cm³/mol. The maximum atomic E-state index is 15.2. The third-order valence-electron chi connectivity index (χ3n) is 7.53. The molecule has 3 atom stereocenters. The van der Waals surface area contributed by atoms with E-state index in [4.69, 9.17) is 10.5 Å². The van der Waals surface area contributed by atoms with Crippen LogP contribution in [0.4, 0.5) is 23.4 Å². The molecule has 1 saturated carbocycles. The first-order valence-corrected chi connectivity index (χ1v) is 15.0. The quantitative estimate of drug-likeness (QED) is 0.112. The van der Waals surface area contributed by atoms with Gasteiger partial charge in [0.25, 0.3) is 11.8 Å². The Morgan fingerprint density at radius 3 is 2.51 bits per heavy atom. The number of esters is 1. The van der Waals surface area contributed by atoms with Crippen molar-refractivity contribution in [3.63, 3.8) is 0 Å². The molecule has 0 radical (unpaired) electrons. The number of anilines is 1. The highest BCUT2D eigenvalue weighted by molar-refractivity contribution is 14.1. The van der Waals surface area contributed by atoms with Gasteiger partial charge in [0.2, 0.25) is 0 Å². The molecular formula is C32H27F4IN4O4. The monoisotopic (exact) mass is 734 g/mol. The Kier molecular flexibility index (Phi) is 9.68. The molecule has 234 valence electrons. The maximum Gasteiger partial charge on any atom is 0.338 e. The number of alkyl halides is 2. The van der Waals surface area contributed by atoms with Crippen molar-refractivity contribution in [3.8, 4) is 11.3 Å². The lowest BCUT2D eigenvalue weighted by Crippen LogP contribution is -2.42. The highest BCUT2D eigenvalue weighted by Gasteiger charge is 2.48. The van der Waals surface area contributed by atoms with Crippen LogP contribution >= 0.6 is 22.6 Å². The van der Waals surface area contributed by atoms with E-state index in [0.29, 0.717) is 9.13 Å². The predicted octanol–water partition coefficient (Wildman–Crippen LogP) is 6.20. The summed E-state index contributed by atoms with van der Waals surface area (Å²) in [5.41, 5.74) is 6.56. The van der Waals surface area contributed by atoms with E-state index in [1.54, 1.807) is 24.3 Å². The van der Waals surface area contributed by atoms with Gasteiger partial charge in [0.15, 0.2) is 6.10 Å². The average Bonchev–Trinajstić information content (AvgIpc) is 3.00. The van der Waals surface area contributed by atoms with Gasteiger partial charge in [-0.25, -0.2) is 32.3 Å². The van der Waals surface area contributed by atoms with Crippen molar-refractivity contribution in [2.45, 2.75) is 43.2 Å². The summed E-state index contributed by atoms with van der Waals surface area (Å²) in [6.45, 7) is -0.555. The summed E-state index contributed by atoms with van der Waals surface area (Å²) in [7, 11) is 0. The number of hydrogen-bond acceptors (Lipinski definition) is 7. The van der Waals surface area contributed by atoms with Gasteiger partial charge in [-0.1, -0.05) is 24.3 Å². The van der Waals surface area contributed by atoms with E-state index in [2.05, 4.69) is 15.3 Å². The molecule has 1 heterocycles. The number of rotatable bonds is 8.